The van der Waals surface area contributed by atoms with E-state index in [1.54, 1.807) is 0 Å². The van der Waals surface area contributed by atoms with Crippen molar-refractivity contribution in [3.05, 3.63) is 0 Å². The van der Waals surface area contributed by atoms with Crippen LogP contribution in [0.1, 0.15) is 19.8 Å². The molecule has 5 unspecified atom stereocenters. The summed E-state index contributed by atoms with van der Waals surface area (Å²) in [5, 5.41) is 3.41. The minimum atomic E-state index is 0.758. The first-order chi connectivity index (χ1) is 5.24. The smallest absolute Gasteiger partial charge is 0.0405 e. The molecule has 2 heteroatoms. The van der Waals surface area contributed by atoms with Gasteiger partial charge in [-0.25, -0.2) is 0 Å². The van der Waals surface area contributed by atoms with E-state index in [-0.39, 0.29) is 0 Å². The maximum absolute atomic E-state index is 3.41. The Kier molecular flexibility index (Phi) is 1.69. The van der Waals surface area contributed by atoms with Crippen LogP contribution >= 0.6 is 0 Å². The fourth-order valence-electron chi connectivity index (χ4n) is 2.66. The molecular weight excluding hydrogens is 136 g/mol. The van der Waals surface area contributed by atoms with Gasteiger partial charge in [0.2, 0.25) is 0 Å². The fraction of sp³-hybridized carbons (Fsp3) is 1.00. The number of likely N-dealkylation sites (tertiary alicyclic amines) is 1. The summed E-state index contributed by atoms with van der Waals surface area (Å²) in [6, 6.07) is 2.51. The van der Waals surface area contributed by atoms with Crippen molar-refractivity contribution in [2.24, 2.45) is 5.92 Å². The number of hydrogen-bond donors (Lipinski definition) is 1. The zero-order valence-electron chi connectivity index (χ0n) is 7.67. The van der Waals surface area contributed by atoms with Gasteiger partial charge in [-0.3, -0.25) is 4.90 Å². The van der Waals surface area contributed by atoms with Gasteiger partial charge in [-0.2, -0.15) is 0 Å². The van der Waals surface area contributed by atoms with Crippen LogP contribution in [0, 0.1) is 5.92 Å². The second-order valence-electron chi connectivity index (χ2n) is 4.20. The lowest BCUT2D eigenvalue weighted by Crippen LogP contribution is -2.37. The highest BCUT2D eigenvalue weighted by Gasteiger charge is 2.52. The Labute approximate surface area is 69.0 Å². The number of nitrogens with one attached hydrogen (secondary N) is 1. The van der Waals surface area contributed by atoms with E-state index in [0.29, 0.717) is 0 Å². The molecule has 0 radical (unpaired) electrons. The first-order valence-corrected chi connectivity index (χ1v) is 4.63. The van der Waals surface area contributed by atoms with E-state index in [1.807, 2.05) is 0 Å². The van der Waals surface area contributed by atoms with Gasteiger partial charge in [-0.15, -0.1) is 0 Å². The van der Waals surface area contributed by atoms with Crippen LogP contribution in [0.3, 0.4) is 0 Å². The third-order valence-electron chi connectivity index (χ3n) is 3.38. The summed E-state index contributed by atoms with van der Waals surface area (Å²) >= 11 is 0. The van der Waals surface area contributed by atoms with Crippen molar-refractivity contribution < 1.29 is 0 Å². The fourth-order valence-corrected chi connectivity index (χ4v) is 2.66. The molecule has 1 saturated heterocycles. The van der Waals surface area contributed by atoms with Crippen LogP contribution in [0.5, 0.6) is 0 Å². The molecule has 1 aliphatic heterocycles. The van der Waals surface area contributed by atoms with Crippen molar-refractivity contribution in [1.29, 1.82) is 0 Å². The Morgan fingerprint density at radius 1 is 1.36 bits per heavy atom. The van der Waals surface area contributed by atoms with Crippen LogP contribution in [-0.4, -0.2) is 37.1 Å². The molecule has 0 bridgehead atoms. The Balaban J connectivity index is 2.01. The third kappa shape index (κ3) is 1.09. The van der Waals surface area contributed by atoms with Crippen LogP contribution in [0.2, 0.25) is 0 Å². The lowest BCUT2D eigenvalue weighted by Gasteiger charge is -2.23. The normalized spacial score (nSPS) is 55.4. The Bertz CT molecular complexity index is 158. The monoisotopic (exact) mass is 154 g/mol. The van der Waals surface area contributed by atoms with Gasteiger partial charge in [0.05, 0.1) is 0 Å². The molecule has 2 rings (SSSR count). The van der Waals surface area contributed by atoms with Crippen molar-refractivity contribution in [2.45, 2.75) is 37.9 Å². The van der Waals surface area contributed by atoms with Crippen LogP contribution < -0.4 is 5.32 Å². The number of hydrogen-bond acceptors (Lipinski definition) is 2. The molecule has 1 heterocycles. The summed E-state index contributed by atoms with van der Waals surface area (Å²) in [7, 11) is 4.34. The molecule has 2 fully saturated rings. The predicted octanol–water partition coefficient (Wildman–Crippen LogP) is 0.687. The summed E-state index contributed by atoms with van der Waals surface area (Å²) in [6.45, 7) is 2.37. The van der Waals surface area contributed by atoms with E-state index in [4.69, 9.17) is 0 Å². The van der Waals surface area contributed by atoms with Gasteiger partial charge in [0, 0.05) is 18.1 Å². The molecular formula is C9H18N2. The minimum Gasteiger partial charge on any atom is -0.315 e. The van der Waals surface area contributed by atoms with Crippen molar-refractivity contribution in [3.63, 3.8) is 0 Å². The van der Waals surface area contributed by atoms with Crippen molar-refractivity contribution >= 4 is 0 Å². The molecule has 1 aliphatic carbocycles. The second-order valence-corrected chi connectivity index (χ2v) is 4.20. The summed E-state index contributed by atoms with van der Waals surface area (Å²) in [5.41, 5.74) is 0. The summed E-state index contributed by atoms with van der Waals surface area (Å²) in [4.78, 5) is 2.50. The highest BCUT2D eigenvalue weighted by Crippen LogP contribution is 2.41. The van der Waals surface area contributed by atoms with Gasteiger partial charge in [0.25, 0.3) is 0 Å². The lowest BCUT2D eigenvalue weighted by atomic mass is 9.87. The van der Waals surface area contributed by atoms with Gasteiger partial charge in [0.1, 0.15) is 0 Å². The summed E-state index contributed by atoms with van der Waals surface area (Å²) < 4.78 is 0. The van der Waals surface area contributed by atoms with Gasteiger partial charge in [-0.1, -0.05) is 6.92 Å². The Morgan fingerprint density at radius 2 is 2.09 bits per heavy atom. The van der Waals surface area contributed by atoms with E-state index in [0.717, 1.165) is 24.0 Å². The largest absolute Gasteiger partial charge is 0.315 e. The number of fused-ring (bicyclic) bond motifs is 1. The first-order valence-electron chi connectivity index (χ1n) is 4.63. The zero-order chi connectivity index (χ0) is 8.01. The second kappa shape index (κ2) is 2.46. The number of likely N-dealkylation sites (N-methyl/N-ethyl adjacent to an activating group) is 2. The van der Waals surface area contributed by atoms with Gasteiger partial charge in [-0.05, 0) is 32.9 Å². The Hall–Kier alpha value is -0.0800. The minimum absolute atomic E-state index is 0.758. The average Bonchev–Trinajstić information content (AvgIpc) is 2.61. The molecule has 0 aromatic heterocycles. The lowest BCUT2D eigenvalue weighted by molar-refractivity contribution is 0.353. The van der Waals surface area contributed by atoms with Crippen molar-refractivity contribution in [1.82, 2.24) is 10.2 Å². The third-order valence-corrected chi connectivity index (χ3v) is 3.38. The highest BCUT2D eigenvalue weighted by molar-refractivity contribution is 5.10. The standard InChI is InChI=1S/C9H18N2/c1-6-4-7(10-2)9-8(5-6)11(9)3/h6-10H,4-5H2,1-3H3. The van der Waals surface area contributed by atoms with Crippen molar-refractivity contribution in [2.75, 3.05) is 14.1 Å². The molecule has 64 valence electrons. The maximum Gasteiger partial charge on any atom is 0.0405 e. The maximum atomic E-state index is 3.41. The van der Waals surface area contributed by atoms with E-state index in [1.165, 1.54) is 12.8 Å². The molecule has 0 aromatic carbocycles. The summed E-state index contributed by atoms with van der Waals surface area (Å²) in [5.74, 6) is 0.915. The predicted molar refractivity (Wildman–Crippen MR) is 46.6 cm³/mol. The summed E-state index contributed by atoms with van der Waals surface area (Å²) in [6.07, 6.45) is 2.78. The van der Waals surface area contributed by atoms with Gasteiger partial charge in [0.15, 0.2) is 0 Å². The van der Waals surface area contributed by atoms with Gasteiger partial charge >= 0.3 is 0 Å². The molecule has 11 heavy (non-hydrogen) atoms. The molecule has 5 atom stereocenters. The van der Waals surface area contributed by atoms with E-state index >= 15 is 0 Å². The molecule has 0 amide bonds. The zero-order valence-corrected chi connectivity index (χ0v) is 7.67. The van der Waals surface area contributed by atoms with Gasteiger partial charge < -0.3 is 5.32 Å². The molecule has 0 aromatic rings. The molecule has 1 saturated carbocycles. The van der Waals surface area contributed by atoms with Crippen molar-refractivity contribution in [3.8, 4) is 0 Å². The van der Waals surface area contributed by atoms with Crippen LogP contribution in [0.25, 0.3) is 0 Å². The average molecular weight is 154 g/mol. The van der Waals surface area contributed by atoms with E-state index < -0.39 is 0 Å². The SMILES string of the molecule is CNC1CC(C)CC2C1N2C. The van der Waals surface area contributed by atoms with E-state index in [9.17, 15) is 0 Å². The first kappa shape index (κ1) is 7.56. The molecule has 0 spiro atoms. The number of nitrogens with zero attached hydrogens (tertiary/aromatic N) is 1. The highest BCUT2D eigenvalue weighted by atomic mass is 15.4. The van der Waals surface area contributed by atoms with Crippen LogP contribution in [-0.2, 0) is 0 Å². The van der Waals surface area contributed by atoms with Crippen LogP contribution in [0.4, 0.5) is 0 Å². The topological polar surface area (TPSA) is 15.0 Å². The molecule has 2 aliphatic rings. The van der Waals surface area contributed by atoms with Crippen LogP contribution in [0.15, 0.2) is 0 Å². The van der Waals surface area contributed by atoms with E-state index in [2.05, 4.69) is 31.2 Å². The number of rotatable bonds is 1. The molecule has 2 nitrogen and oxygen atoms in total. The Morgan fingerprint density at radius 3 is 2.73 bits per heavy atom. The molecule has 1 N–H and O–H groups in total. The quantitative estimate of drug-likeness (QED) is 0.559.